The van der Waals surface area contributed by atoms with E-state index < -0.39 is 5.91 Å². The average molecular weight is 578 g/mol. The van der Waals surface area contributed by atoms with Gasteiger partial charge in [-0.1, -0.05) is 69.1 Å². The minimum atomic E-state index is -0.614. The van der Waals surface area contributed by atoms with Crippen molar-refractivity contribution in [3.05, 3.63) is 63.4 Å². The third kappa shape index (κ3) is 12.3. The summed E-state index contributed by atoms with van der Waals surface area (Å²) in [4.78, 5) is 10.6. The molecule has 1 amide bonds. The first-order valence-corrected chi connectivity index (χ1v) is 10.3. The Morgan fingerprint density at radius 1 is 1.00 bits per heavy atom. The molecule has 0 saturated heterocycles. The molecule has 2 nitrogen and oxygen atoms in total. The van der Waals surface area contributed by atoms with Gasteiger partial charge in [0.25, 0.3) is 0 Å². The summed E-state index contributed by atoms with van der Waals surface area (Å²) in [6.07, 6.45) is 3.36. The van der Waals surface area contributed by atoms with Gasteiger partial charge in [0, 0.05) is 9.52 Å². The summed E-state index contributed by atoms with van der Waals surface area (Å²) < 4.78 is 0. The minimum absolute atomic E-state index is 0. The van der Waals surface area contributed by atoms with E-state index in [1.165, 1.54) is 16.7 Å². The summed E-state index contributed by atoms with van der Waals surface area (Å²) in [5, 5.41) is 0. The van der Waals surface area contributed by atoms with Crippen LogP contribution in [0.1, 0.15) is 49.2 Å². The first-order valence-electron chi connectivity index (χ1n) is 8.00. The molecule has 1 radical (unpaired) electrons. The van der Waals surface area contributed by atoms with Gasteiger partial charge in [0.15, 0.2) is 0 Å². The fourth-order valence-corrected chi connectivity index (χ4v) is 2.27. The Balaban J connectivity index is -0.000000148. The van der Waals surface area contributed by atoms with Gasteiger partial charge in [0.05, 0.1) is 5.91 Å². The summed E-state index contributed by atoms with van der Waals surface area (Å²) in [6, 6.07) is 5.43. The van der Waals surface area contributed by atoms with Crippen LogP contribution >= 0.6 is 0 Å². The molecule has 1 N–H and O–H groups in total. The molecule has 0 spiro atoms. The van der Waals surface area contributed by atoms with Crippen molar-refractivity contribution in [2.45, 2.75) is 54.6 Å². The van der Waals surface area contributed by atoms with Crippen LogP contribution in [0, 0.1) is 25.8 Å². The molecule has 0 heterocycles. The Kier molecular flexibility index (Phi) is 21.8. The average Bonchev–Trinajstić information content (AvgIpc) is 2.66. The first kappa shape index (κ1) is 33.4. The molecule has 1 aliphatic carbocycles. The van der Waals surface area contributed by atoms with Crippen LogP contribution in [0.4, 0.5) is 0 Å². The van der Waals surface area contributed by atoms with Crippen LogP contribution < -0.4 is 24.8 Å². The second-order valence-electron chi connectivity index (χ2n) is 6.08. The Morgan fingerprint density at radius 2 is 1.38 bits per heavy atom. The van der Waals surface area contributed by atoms with Crippen LogP contribution in [-0.2, 0) is 25.8 Å². The number of rotatable bonds is 1. The van der Waals surface area contributed by atoms with Crippen molar-refractivity contribution in [1.82, 2.24) is 0 Å². The number of allylic oxidation sites excluding steroid dienone is 4. The van der Waals surface area contributed by atoms with Crippen molar-refractivity contribution in [1.29, 1.82) is 0 Å². The van der Waals surface area contributed by atoms with E-state index in [1.807, 2.05) is 19.9 Å². The predicted octanol–water partition coefficient (Wildman–Crippen LogP) is -0.258. The third-order valence-electron chi connectivity index (χ3n) is 3.72. The largest absolute Gasteiger partial charge is 4.00 e. The Bertz CT molecular complexity index is 596. The van der Waals surface area contributed by atoms with Crippen molar-refractivity contribution >= 4 is 15.4 Å². The van der Waals surface area contributed by atoms with Crippen molar-refractivity contribution in [2.24, 2.45) is 5.92 Å². The number of carbonyl (C=O) groups excluding carboxylic acids is 1. The molecule has 1 aliphatic rings. The molecule has 1 unspecified atom stereocenters. The third-order valence-corrected chi connectivity index (χ3v) is 3.72. The van der Waals surface area contributed by atoms with Gasteiger partial charge in [-0.15, -0.1) is 6.92 Å². The van der Waals surface area contributed by atoms with Crippen LogP contribution in [0.5, 0.6) is 0 Å². The van der Waals surface area contributed by atoms with E-state index in [9.17, 15) is 4.79 Å². The zero-order valence-electron chi connectivity index (χ0n) is 17.1. The Hall–Kier alpha value is -0.163. The zero-order valence-corrected chi connectivity index (χ0v) is 23.3. The predicted molar refractivity (Wildman–Crippen MR) is 103 cm³/mol. The number of amides is 1. The summed E-state index contributed by atoms with van der Waals surface area (Å²) >= 11 is 0. The van der Waals surface area contributed by atoms with Gasteiger partial charge in [0.2, 0.25) is 0 Å². The second kappa shape index (κ2) is 17.0. The van der Waals surface area contributed by atoms with Gasteiger partial charge in [-0.3, -0.25) is 6.08 Å². The molecule has 6 heteroatoms. The van der Waals surface area contributed by atoms with Gasteiger partial charge in [-0.05, 0) is 19.4 Å². The molecule has 0 saturated carbocycles. The van der Waals surface area contributed by atoms with Crippen LogP contribution in [0.15, 0.2) is 34.9 Å². The first-order chi connectivity index (χ1) is 10.6. The fourth-order valence-electron chi connectivity index (χ4n) is 2.27. The van der Waals surface area contributed by atoms with Crippen LogP contribution in [0.2, 0.25) is 13.1 Å². The monoisotopic (exact) mass is 578 g/mol. The van der Waals surface area contributed by atoms with Gasteiger partial charge in [-0.25, -0.2) is 5.57 Å². The molecule has 0 aliphatic heterocycles. The topological polar surface area (TPSA) is 40.9 Å². The standard InChI is InChI=1S/C9H11NO.C9H13.C2H7Si.2ClH.Hf/c1-6-3-7(2)5-8(4-6)9(10)11;1-6-5-7(2)9(4)8(6)3;1-3-2;;;/h3-5H,1-2H3,(H2,10,11);6H,1-4H3;3H,1-2H3;2*1H;/q;-1;;;;+4/p-3. The molecule has 0 aromatic heterocycles. The maximum Gasteiger partial charge on any atom is 4.00 e. The van der Waals surface area contributed by atoms with Crippen molar-refractivity contribution in [3.8, 4) is 0 Å². The van der Waals surface area contributed by atoms with Crippen LogP contribution in [-0.4, -0.2) is 15.4 Å². The SMILES string of the molecule is CC1=[C-]C(C)C(C)=C1C.C[SiH]C.Cc1cc(C)cc(C([NH-])=O)c1.[Cl-].[Cl-].[Hf+4]. The molecular weight excluding hydrogens is 548 g/mol. The number of hydrogen-bond acceptors (Lipinski definition) is 1. The Morgan fingerprint density at radius 3 is 1.58 bits per heavy atom. The number of carbonyl (C=O) groups is 1. The molecule has 2 rings (SSSR count). The van der Waals surface area contributed by atoms with E-state index >= 15 is 0 Å². The smallest absolute Gasteiger partial charge is 1.00 e. The van der Waals surface area contributed by atoms with Gasteiger partial charge in [-0.2, -0.15) is 11.1 Å². The molecular formula is C20H30Cl2HfNOSi. The number of hydrogen-bond donors (Lipinski definition) is 0. The van der Waals surface area contributed by atoms with Crippen molar-refractivity contribution in [2.75, 3.05) is 0 Å². The number of nitrogens with one attached hydrogen (secondary N) is 1. The quantitative estimate of drug-likeness (QED) is 0.335. The summed E-state index contributed by atoms with van der Waals surface area (Å²) in [5.41, 5.74) is 13.6. The summed E-state index contributed by atoms with van der Waals surface area (Å²) in [5.74, 6) is -0.0539. The summed E-state index contributed by atoms with van der Waals surface area (Å²) in [6.45, 7) is 16.9. The van der Waals surface area contributed by atoms with Gasteiger partial charge in [0.1, 0.15) is 0 Å². The van der Waals surface area contributed by atoms with E-state index in [0.717, 1.165) is 20.6 Å². The van der Waals surface area contributed by atoms with Crippen molar-refractivity contribution in [3.63, 3.8) is 0 Å². The zero-order chi connectivity index (χ0) is 18.2. The molecule has 143 valence electrons. The van der Waals surface area contributed by atoms with Crippen LogP contribution in [0.3, 0.4) is 0 Å². The normalized spacial score (nSPS) is 14.2. The van der Waals surface area contributed by atoms with Gasteiger partial charge < -0.3 is 35.3 Å². The van der Waals surface area contributed by atoms with E-state index in [-0.39, 0.29) is 50.7 Å². The minimum Gasteiger partial charge on any atom is -1.00 e. The molecule has 1 aromatic rings. The number of halogens is 2. The Labute approximate surface area is 193 Å². The van der Waals surface area contributed by atoms with Crippen LogP contribution in [0.25, 0.3) is 5.73 Å². The van der Waals surface area contributed by atoms with E-state index in [4.69, 9.17) is 5.73 Å². The molecule has 26 heavy (non-hydrogen) atoms. The van der Waals surface area contributed by atoms with Gasteiger partial charge >= 0.3 is 25.8 Å². The van der Waals surface area contributed by atoms with Crippen molar-refractivity contribution < 1.29 is 55.5 Å². The number of benzene rings is 1. The fraction of sp³-hybridized carbons (Fsp3) is 0.450. The van der Waals surface area contributed by atoms with E-state index in [0.29, 0.717) is 11.5 Å². The molecule has 1 atom stereocenters. The second-order valence-corrected chi connectivity index (χ2v) is 7.24. The van der Waals surface area contributed by atoms with E-state index in [2.05, 4.69) is 46.9 Å². The number of aryl methyl sites for hydroxylation is 2. The molecule has 1 aromatic carbocycles. The van der Waals surface area contributed by atoms with E-state index in [1.54, 1.807) is 12.1 Å². The summed E-state index contributed by atoms with van der Waals surface area (Å²) in [7, 11) is 0.750. The maximum atomic E-state index is 10.6. The maximum absolute atomic E-state index is 10.6. The molecule has 0 fully saturated rings. The molecule has 0 bridgehead atoms.